The molecule has 0 radical (unpaired) electrons. The van der Waals surface area contributed by atoms with Gasteiger partial charge in [0.1, 0.15) is 5.69 Å². The number of hydrogen-bond acceptors (Lipinski definition) is 4. The zero-order valence-corrected chi connectivity index (χ0v) is 15.0. The van der Waals surface area contributed by atoms with E-state index >= 15 is 0 Å². The normalized spacial score (nSPS) is 11.7. The first kappa shape index (κ1) is 15.4. The van der Waals surface area contributed by atoms with Gasteiger partial charge in [-0.15, -0.1) is 0 Å². The summed E-state index contributed by atoms with van der Waals surface area (Å²) in [6.45, 7) is 0. The average molecular weight is 384 g/mol. The standard InChI is InChI=1S/C18H11Cl2N5O/c1-25-15-6-9(2-3-10(15)8-21-25)17-23-18(26-24-17)14-7-11-13(22-14)5-4-12(19)16(11)20/h2-8,22H,1H3. The van der Waals surface area contributed by atoms with Crippen LogP contribution in [0.2, 0.25) is 10.0 Å². The van der Waals surface area contributed by atoms with Gasteiger partial charge in [0.2, 0.25) is 5.82 Å². The number of aryl methyl sites for hydroxylation is 1. The summed E-state index contributed by atoms with van der Waals surface area (Å²) >= 11 is 12.3. The summed E-state index contributed by atoms with van der Waals surface area (Å²) in [5, 5.41) is 11.2. The monoisotopic (exact) mass is 383 g/mol. The van der Waals surface area contributed by atoms with Crippen LogP contribution < -0.4 is 0 Å². The zero-order valence-electron chi connectivity index (χ0n) is 13.5. The van der Waals surface area contributed by atoms with Gasteiger partial charge in [-0.1, -0.05) is 40.5 Å². The van der Waals surface area contributed by atoms with E-state index in [-0.39, 0.29) is 0 Å². The van der Waals surface area contributed by atoms with E-state index in [1.165, 1.54) is 0 Å². The van der Waals surface area contributed by atoms with Crippen LogP contribution in [-0.4, -0.2) is 24.9 Å². The van der Waals surface area contributed by atoms with E-state index in [2.05, 4.69) is 20.2 Å². The van der Waals surface area contributed by atoms with Crippen LogP contribution in [-0.2, 0) is 7.05 Å². The molecule has 6 nitrogen and oxygen atoms in total. The molecular formula is C18H11Cl2N5O. The Balaban J connectivity index is 1.59. The smallest absolute Gasteiger partial charge is 0.274 e. The van der Waals surface area contributed by atoms with Crippen LogP contribution in [0.5, 0.6) is 0 Å². The highest BCUT2D eigenvalue weighted by Crippen LogP contribution is 2.34. The maximum Gasteiger partial charge on any atom is 0.274 e. The van der Waals surface area contributed by atoms with Gasteiger partial charge in [0, 0.05) is 28.9 Å². The van der Waals surface area contributed by atoms with Crippen LogP contribution in [0.4, 0.5) is 0 Å². The van der Waals surface area contributed by atoms with Crippen LogP contribution in [0.1, 0.15) is 0 Å². The van der Waals surface area contributed by atoms with E-state index in [1.807, 2.05) is 48.3 Å². The predicted octanol–water partition coefficient (Wildman–Crippen LogP) is 5.08. The minimum Gasteiger partial charge on any atom is -0.350 e. The average Bonchev–Trinajstić information content (AvgIpc) is 3.36. The summed E-state index contributed by atoms with van der Waals surface area (Å²) < 4.78 is 7.25. The Bertz CT molecular complexity index is 1280. The molecule has 0 fully saturated rings. The molecule has 0 spiro atoms. The lowest BCUT2D eigenvalue weighted by Gasteiger charge is -1.97. The second-order valence-electron chi connectivity index (χ2n) is 5.97. The lowest BCUT2D eigenvalue weighted by atomic mass is 10.1. The van der Waals surface area contributed by atoms with E-state index < -0.39 is 0 Å². The van der Waals surface area contributed by atoms with Gasteiger partial charge in [-0.3, -0.25) is 4.68 Å². The van der Waals surface area contributed by atoms with E-state index in [0.717, 1.165) is 27.4 Å². The minimum atomic E-state index is 0.383. The third-order valence-corrected chi connectivity index (χ3v) is 5.17. The van der Waals surface area contributed by atoms with Crippen LogP contribution in [0.3, 0.4) is 0 Å². The van der Waals surface area contributed by atoms with Crippen molar-refractivity contribution in [3.63, 3.8) is 0 Å². The number of hydrogen-bond donors (Lipinski definition) is 1. The molecule has 0 unspecified atom stereocenters. The number of rotatable bonds is 2. The summed E-state index contributed by atoms with van der Waals surface area (Å²) in [6, 6.07) is 11.4. The highest BCUT2D eigenvalue weighted by Gasteiger charge is 2.15. The molecule has 128 valence electrons. The molecule has 0 aliphatic carbocycles. The van der Waals surface area contributed by atoms with Gasteiger partial charge in [-0.05, 0) is 24.3 Å². The Morgan fingerprint density at radius 2 is 2.00 bits per heavy atom. The summed E-state index contributed by atoms with van der Waals surface area (Å²) in [5.41, 5.74) is 3.39. The van der Waals surface area contributed by atoms with E-state index in [0.29, 0.717) is 27.5 Å². The number of halogens is 2. The van der Waals surface area contributed by atoms with Crippen LogP contribution in [0.25, 0.3) is 44.8 Å². The molecule has 5 aromatic rings. The largest absolute Gasteiger partial charge is 0.350 e. The van der Waals surface area contributed by atoms with Crippen molar-refractivity contribution >= 4 is 45.0 Å². The fourth-order valence-electron chi connectivity index (χ4n) is 2.99. The van der Waals surface area contributed by atoms with Gasteiger partial charge in [-0.25, -0.2) is 0 Å². The second kappa shape index (κ2) is 5.59. The molecule has 0 atom stereocenters. The van der Waals surface area contributed by atoms with Crippen molar-refractivity contribution in [3.05, 3.63) is 52.6 Å². The van der Waals surface area contributed by atoms with Crippen molar-refractivity contribution in [2.75, 3.05) is 0 Å². The van der Waals surface area contributed by atoms with E-state index in [9.17, 15) is 0 Å². The molecule has 2 aromatic carbocycles. The molecule has 8 heteroatoms. The fourth-order valence-corrected chi connectivity index (χ4v) is 3.37. The van der Waals surface area contributed by atoms with Crippen molar-refractivity contribution in [3.8, 4) is 23.0 Å². The molecule has 3 aromatic heterocycles. The first-order valence-electron chi connectivity index (χ1n) is 7.83. The number of H-pyrrole nitrogens is 1. The number of nitrogens with zero attached hydrogens (tertiary/aromatic N) is 4. The number of aromatic amines is 1. The molecule has 0 aliphatic rings. The summed E-state index contributed by atoms with van der Waals surface area (Å²) in [6.07, 6.45) is 1.82. The predicted molar refractivity (Wildman–Crippen MR) is 101 cm³/mol. The van der Waals surface area contributed by atoms with E-state index in [4.69, 9.17) is 27.7 Å². The van der Waals surface area contributed by atoms with E-state index in [1.54, 1.807) is 6.07 Å². The Kier molecular flexibility index (Phi) is 3.32. The maximum absolute atomic E-state index is 6.26. The van der Waals surface area contributed by atoms with Crippen LogP contribution in [0.15, 0.2) is 47.1 Å². The third kappa shape index (κ3) is 2.30. The maximum atomic E-state index is 6.26. The van der Waals surface area contributed by atoms with Gasteiger partial charge >= 0.3 is 0 Å². The lowest BCUT2D eigenvalue weighted by molar-refractivity contribution is 0.431. The van der Waals surface area contributed by atoms with Crippen molar-refractivity contribution in [2.45, 2.75) is 0 Å². The number of benzene rings is 2. The van der Waals surface area contributed by atoms with Crippen molar-refractivity contribution in [2.24, 2.45) is 7.05 Å². The topological polar surface area (TPSA) is 72.5 Å². The highest BCUT2D eigenvalue weighted by atomic mass is 35.5. The lowest BCUT2D eigenvalue weighted by Crippen LogP contribution is -1.89. The van der Waals surface area contributed by atoms with Gasteiger partial charge in [0.15, 0.2) is 0 Å². The third-order valence-electron chi connectivity index (χ3n) is 4.35. The van der Waals surface area contributed by atoms with Crippen LogP contribution >= 0.6 is 23.2 Å². The van der Waals surface area contributed by atoms with Gasteiger partial charge < -0.3 is 9.51 Å². The number of fused-ring (bicyclic) bond motifs is 2. The fraction of sp³-hybridized carbons (Fsp3) is 0.0556. The molecule has 0 bridgehead atoms. The SMILES string of the molecule is Cn1ncc2ccc(-c3noc(-c4cc5c(Cl)c(Cl)ccc5[nH]4)n3)cc21. The Morgan fingerprint density at radius 3 is 2.88 bits per heavy atom. The summed E-state index contributed by atoms with van der Waals surface area (Å²) in [7, 11) is 1.90. The summed E-state index contributed by atoms with van der Waals surface area (Å²) in [4.78, 5) is 7.73. The quantitative estimate of drug-likeness (QED) is 0.461. The van der Waals surface area contributed by atoms with Gasteiger partial charge in [-0.2, -0.15) is 10.1 Å². The first-order valence-corrected chi connectivity index (χ1v) is 8.59. The zero-order chi connectivity index (χ0) is 17.8. The molecule has 0 saturated carbocycles. The number of aromatic nitrogens is 5. The highest BCUT2D eigenvalue weighted by molar-refractivity contribution is 6.45. The first-order chi connectivity index (χ1) is 12.6. The van der Waals surface area contributed by atoms with Gasteiger partial charge in [0.25, 0.3) is 5.89 Å². The molecule has 1 N–H and O–H groups in total. The minimum absolute atomic E-state index is 0.383. The Hall–Kier alpha value is -2.83. The molecule has 0 amide bonds. The molecule has 26 heavy (non-hydrogen) atoms. The molecule has 3 heterocycles. The Morgan fingerprint density at radius 1 is 1.12 bits per heavy atom. The summed E-state index contributed by atoms with van der Waals surface area (Å²) in [5.74, 6) is 0.888. The molecule has 0 saturated heterocycles. The Labute approximate surface area is 157 Å². The molecule has 5 rings (SSSR count). The second-order valence-corrected chi connectivity index (χ2v) is 6.76. The van der Waals surface area contributed by atoms with Crippen molar-refractivity contribution in [1.82, 2.24) is 24.9 Å². The van der Waals surface area contributed by atoms with Crippen molar-refractivity contribution in [1.29, 1.82) is 0 Å². The van der Waals surface area contributed by atoms with Gasteiger partial charge in [0.05, 0.1) is 21.8 Å². The molecule has 0 aliphatic heterocycles. The van der Waals surface area contributed by atoms with Crippen molar-refractivity contribution < 1.29 is 4.52 Å². The van der Waals surface area contributed by atoms with Crippen LogP contribution in [0, 0.1) is 0 Å². The molecular weight excluding hydrogens is 373 g/mol. The number of nitrogens with one attached hydrogen (secondary N) is 1.